The van der Waals surface area contributed by atoms with Crippen LogP contribution in [0.3, 0.4) is 0 Å². The second kappa shape index (κ2) is 9.05. The van der Waals surface area contributed by atoms with E-state index in [-0.39, 0.29) is 12.5 Å². The normalized spacial score (nSPS) is 10.6. The zero-order valence-corrected chi connectivity index (χ0v) is 16.5. The van der Waals surface area contributed by atoms with Gasteiger partial charge >= 0.3 is 0 Å². The van der Waals surface area contributed by atoms with E-state index >= 15 is 0 Å². The number of carbonyl (C=O) groups excluding carboxylic acids is 1. The number of amides is 1. The van der Waals surface area contributed by atoms with E-state index in [4.69, 9.17) is 9.26 Å². The van der Waals surface area contributed by atoms with Gasteiger partial charge in [0, 0.05) is 11.1 Å². The van der Waals surface area contributed by atoms with Crippen LogP contribution >= 0.6 is 0 Å². The maximum absolute atomic E-state index is 12.4. The van der Waals surface area contributed by atoms with Crippen LogP contribution in [0.1, 0.15) is 27.4 Å². The topological polar surface area (TPSA) is 77.2 Å². The average molecular weight is 399 g/mol. The number of carbonyl (C=O) groups is 1. The van der Waals surface area contributed by atoms with Crippen LogP contribution < -0.4 is 10.1 Å². The van der Waals surface area contributed by atoms with Gasteiger partial charge in [0.25, 0.3) is 5.91 Å². The molecule has 1 N–H and O–H groups in total. The van der Waals surface area contributed by atoms with E-state index in [1.807, 2.05) is 61.5 Å². The summed E-state index contributed by atoms with van der Waals surface area (Å²) in [5.41, 5.74) is 3.61. The first kappa shape index (κ1) is 19.4. The van der Waals surface area contributed by atoms with Gasteiger partial charge in [0.2, 0.25) is 11.7 Å². The predicted molar refractivity (Wildman–Crippen MR) is 113 cm³/mol. The number of benzene rings is 3. The molecule has 30 heavy (non-hydrogen) atoms. The van der Waals surface area contributed by atoms with Crippen molar-refractivity contribution in [1.82, 2.24) is 15.5 Å². The van der Waals surface area contributed by atoms with Crippen LogP contribution in [0.25, 0.3) is 11.4 Å². The minimum atomic E-state index is -0.222. The lowest BCUT2D eigenvalue weighted by molar-refractivity contribution is 0.0946. The highest BCUT2D eigenvalue weighted by Gasteiger charge is 2.11. The van der Waals surface area contributed by atoms with Gasteiger partial charge in [-0.2, -0.15) is 4.98 Å². The molecule has 0 fully saturated rings. The Morgan fingerprint density at radius 3 is 2.57 bits per heavy atom. The third-order valence-electron chi connectivity index (χ3n) is 4.51. The van der Waals surface area contributed by atoms with E-state index in [0.29, 0.717) is 29.6 Å². The number of nitrogens with one attached hydrogen (secondary N) is 1. The predicted octanol–water partition coefficient (Wildman–Crippen LogP) is 4.55. The molecular formula is C24H21N3O3. The Balaban J connectivity index is 1.31. The summed E-state index contributed by atoms with van der Waals surface area (Å²) >= 11 is 0. The van der Waals surface area contributed by atoms with Crippen molar-refractivity contribution in [3.8, 4) is 17.1 Å². The first-order valence-corrected chi connectivity index (χ1v) is 9.62. The molecule has 6 nitrogen and oxygen atoms in total. The van der Waals surface area contributed by atoms with Gasteiger partial charge in [0.15, 0.2) is 0 Å². The summed E-state index contributed by atoms with van der Waals surface area (Å²) in [7, 11) is 0. The first-order valence-electron chi connectivity index (χ1n) is 9.62. The van der Waals surface area contributed by atoms with Crippen molar-refractivity contribution in [3.63, 3.8) is 0 Å². The SMILES string of the molecule is Cc1cccc(-c2noc(CNC(=O)c3ccc(OCc4ccccc4)cc3)n2)c1. The molecule has 150 valence electrons. The highest BCUT2D eigenvalue weighted by atomic mass is 16.5. The van der Waals surface area contributed by atoms with Crippen molar-refractivity contribution in [2.75, 3.05) is 0 Å². The van der Waals surface area contributed by atoms with Gasteiger partial charge in [-0.3, -0.25) is 4.79 Å². The molecule has 1 amide bonds. The molecule has 0 saturated heterocycles. The van der Waals surface area contributed by atoms with Crippen LogP contribution in [0.4, 0.5) is 0 Å². The standard InChI is InChI=1S/C24H21N3O3/c1-17-6-5-9-20(14-17)23-26-22(30-27-23)15-25-24(28)19-10-12-21(13-11-19)29-16-18-7-3-2-4-8-18/h2-14H,15-16H2,1H3,(H,25,28). The van der Waals surface area contributed by atoms with Crippen LogP contribution in [-0.2, 0) is 13.2 Å². The molecule has 0 aliphatic heterocycles. The molecule has 0 saturated carbocycles. The third-order valence-corrected chi connectivity index (χ3v) is 4.51. The summed E-state index contributed by atoms with van der Waals surface area (Å²) < 4.78 is 11.0. The summed E-state index contributed by atoms with van der Waals surface area (Å²) in [6.45, 7) is 2.64. The van der Waals surface area contributed by atoms with Crippen molar-refractivity contribution in [2.45, 2.75) is 20.1 Å². The summed E-state index contributed by atoms with van der Waals surface area (Å²) in [6, 6.07) is 24.8. The van der Waals surface area contributed by atoms with Crippen molar-refractivity contribution < 1.29 is 14.1 Å². The molecule has 1 aromatic heterocycles. The summed E-state index contributed by atoms with van der Waals surface area (Å²) in [5, 5.41) is 6.77. The third kappa shape index (κ3) is 4.91. The fraction of sp³-hybridized carbons (Fsp3) is 0.125. The van der Waals surface area contributed by atoms with Gasteiger partial charge in [0.1, 0.15) is 12.4 Å². The molecular weight excluding hydrogens is 378 g/mol. The average Bonchev–Trinajstić information content (AvgIpc) is 3.26. The van der Waals surface area contributed by atoms with Crippen LogP contribution in [0.5, 0.6) is 5.75 Å². The van der Waals surface area contributed by atoms with Crippen molar-refractivity contribution in [2.24, 2.45) is 0 Å². The lowest BCUT2D eigenvalue weighted by Gasteiger charge is -2.07. The molecule has 0 bridgehead atoms. The number of hydrogen-bond donors (Lipinski definition) is 1. The molecule has 0 spiro atoms. The van der Waals surface area contributed by atoms with E-state index in [1.165, 1.54) is 0 Å². The Kier molecular flexibility index (Phi) is 5.85. The smallest absolute Gasteiger partial charge is 0.251 e. The lowest BCUT2D eigenvalue weighted by Crippen LogP contribution is -2.22. The van der Waals surface area contributed by atoms with Crippen molar-refractivity contribution >= 4 is 5.91 Å². The highest BCUT2D eigenvalue weighted by molar-refractivity contribution is 5.94. The zero-order chi connectivity index (χ0) is 20.8. The Hall–Kier alpha value is -3.93. The molecule has 0 radical (unpaired) electrons. The molecule has 0 unspecified atom stereocenters. The largest absolute Gasteiger partial charge is 0.489 e. The van der Waals surface area contributed by atoms with Crippen molar-refractivity contribution in [1.29, 1.82) is 0 Å². The Morgan fingerprint density at radius 2 is 1.80 bits per heavy atom. The van der Waals surface area contributed by atoms with E-state index in [9.17, 15) is 4.79 Å². The van der Waals surface area contributed by atoms with Gasteiger partial charge in [-0.05, 0) is 42.8 Å². The van der Waals surface area contributed by atoms with Gasteiger partial charge in [-0.1, -0.05) is 59.3 Å². The lowest BCUT2D eigenvalue weighted by atomic mass is 10.1. The monoisotopic (exact) mass is 399 g/mol. The maximum Gasteiger partial charge on any atom is 0.251 e. The second-order valence-electron chi connectivity index (χ2n) is 6.86. The molecule has 0 aliphatic carbocycles. The Morgan fingerprint density at radius 1 is 1.00 bits per heavy atom. The second-order valence-corrected chi connectivity index (χ2v) is 6.86. The highest BCUT2D eigenvalue weighted by Crippen LogP contribution is 2.17. The molecule has 3 aromatic carbocycles. The molecule has 0 aliphatic rings. The van der Waals surface area contributed by atoms with Crippen LogP contribution in [0.15, 0.2) is 83.4 Å². The van der Waals surface area contributed by atoms with Gasteiger partial charge in [-0.15, -0.1) is 0 Å². The van der Waals surface area contributed by atoms with Crippen LogP contribution in [0.2, 0.25) is 0 Å². The van der Waals surface area contributed by atoms with Crippen LogP contribution in [0, 0.1) is 6.92 Å². The minimum absolute atomic E-state index is 0.157. The van der Waals surface area contributed by atoms with Gasteiger partial charge in [0.05, 0.1) is 6.54 Å². The van der Waals surface area contributed by atoms with E-state index in [0.717, 1.165) is 16.7 Å². The quantitative estimate of drug-likeness (QED) is 0.493. The van der Waals surface area contributed by atoms with Crippen LogP contribution in [-0.4, -0.2) is 16.0 Å². The molecule has 1 heterocycles. The molecule has 6 heteroatoms. The minimum Gasteiger partial charge on any atom is -0.489 e. The summed E-state index contributed by atoms with van der Waals surface area (Å²) in [4.78, 5) is 16.7. The van der Waals surface area contributed by atoms with Crippen molar-refractivity contribution in [3.05, 3.63) is 101 Å². The number of aryl methyl sites for hydroxylation is 1. The summed E-state index contributed by atoms with van der Waals surface area (Å²) in [6.07, 6.45) is 0. The Labute approximate surface area is 174 Å². The number of hydrogen-bond acceptors (Lipinski definition) is 5. The summed E-state index contributed by atoms with van der Waals surface area (Å²) in [5.74, 6) is 1.33. The van der Waals surface area contributed by atoms with E-state index in [2.05, 4.69) is 15.5 Å². The van der Waals surface area contributed by atoms with E-state index in [1.54, 1.807) is 24.3 Å². The van der Waals surface area contributed by atoms with Gasteiger partial charge < -0.3 is 14.6 Å². The Bertz CT molecular complexity index is 1120. The fourth-order valence-corrected chi connectivity index (χ4v) is 2.93. The zero-order valence-electron chi connectivity index (χ0n) is 16.5. The van der Waals surface area contributed by atoms with E-state index < -0.39 is 0 Å². The molecule has 4 rings (SSSR count). The fourth-order valence-electron chi connectivity index (χ4n) is 2.93. The van der Waals surface area contributed by atoms with Gasteiger partial charge in [-0.25, -0.2) is 0 Å². The molecule has 4 aromatic rings. The number of ether oxygens (including phenoxy) is 1. The molecule has 0 atom stereocenters. The maximum atomic E-state index is 12.4. The number of rotatable bonds is 7. The first-order chi connectivity index (χ1) is 14.7. The number of aromatic nitrogens is 2. The number of nitrogens with zero attached hydrogens (tertiary/aromatic N) is 2.